The molecule has 1 unspecified atom stereocenters. The molecule has 3 heterocycles. The van der Waals surface area contributed by atoms with Crippen LogP contribution in [0.25, 0.3) is 11.3 Å². The summed E-state index contributed by atoms with van der Waals surface area (Å²) in [4.78, 5) is 27.6. The van der Waals surface area contributed by atoms with Crippen LogP contribution in [0.5, 0.6) is 0 Å². The average Bonchev–Trinajstić information content (AvgIpc) is 3.31. The van der Waals surface area contributed by atoms with Crippen LogP contribution in [-0.2, 0) is 11.2 Å². The molecule has 1 aliphatic heterocycles. The van der Waals surface area contributed by atoms with E-state index in [9.17, 15) is 4.79 Å². The van der Waals surface area contributed by atoms with Crippen molar-refractivity contribution in [3.8, 4) is 11.3 Å². The first-order valence-electron chi connectivity index (χ1n) is 8.98. The van der Waals surface area contributed by atoms with Gasteiger partial charge in [0.25, 0.3) is 0 Å². The minimum Gasteiger partial charge on any atom is -0.351 e. The second-order valence-corrected chi connectivity index (χ2v) is 6.62. The fraction of sp³-hybridized carbons (Fsp3) is 0.316. The molecule has 8 heteroatoms. The summed E-state index contributed by atoms with van der Waals surface area (Å²) < 4.78 is 0. The molecule has 1 saturated heterocycles. The van der Waals surface area contributed by atoms with E-state index in [2.05, 4.69) is 35.4 Å². The first-order valence-corrected chi connectivity index (χ1v) is 8.98. The lowest BCUT2D eigenvalue weighted by Crippen LogP contribution is -2.38. The highest BCUT2D eigenvalue weighted by Gasteiger charge is 2.26. The largest absolute Gasteiger partial charge is 0.351 e. The second-order valence-electron chi connectivity index (χ2n) is 6.62. The molecule has 0 aliphatic carbocycles. The molecule has 1 amide bonds. The number of carbonyl (C=O) groups is 1. The Balaban J connectivity index is 1.37. The fourth-order valence-corrected chi connectivity index (χ4v) is 3.22. The molecule has 4 rings (SSSR count). The lowest BCUT2D eigenvalue weighted by molar-refractivity contribution is -0.121. The molecule has 1 aliphatic rings. The summed E-state index contributed by atoms with van der Waals surface area (Å²) in [5.74, 6) is 1.84. The van der Waals surface area contributed by atoms with Gasteiger partial charge in [-0.05, 0) is 19.4 Å². The SMILES string of the molecule is Cc1nc(CC(=O)NC2CCN(c3nccc(-c4ccccc4)n3)C2)n[nH]1. The molecular weight excluding hydrogens is 342 g/mol. The second kappa shape index (κ2) is 7.53. The number of nitrogens with one attached hydrogen (secondary N) is 2. The zero-order valence-electron chi connectivity index (χ0n) is 15.1. The van der Waals surface area contributed by atoms with Crippen LogP contribution in [0.3, 0.4) is 0 Å². The van der Waals surface area contributed by atoms with E-state index in [1.165, 1.54) is 0 Å². The number of nitrogens with zero attached hydrogens (tertiary/aromatic N) is 5. The number of rotatable bonds is 5. The van der Waals surface area contributed by atoms with Crippen LogP contribution in [0.4, 0.5) is 5.95 Å². The van der Waals surface area contributed by atoms with Crippen molar-refractivity contribution in [2.75, 3.05) is 18.0 Å². The molecule has 2 N–H and O–H groups in total. The maximum atomic E-state index is 12.2. The molecule has 0 radical (unpaired) electrons. The van der Waals surface area contributed by atoms with E-state index in [-0.39, 0.29) is 18.4 Å². The van der Waals surface area contributed by atoms with Crippen molar-refractivity contribution < 1.29 is 4.79 Å². The molecule has 3 aromatic rings. The van der Waals surface area contributed by atoms with Crippen molar-refractivity contribution in [3.05, 3.63) is 54.2 Å². The van der Waals surface area contributed by atoms with Gasteiger partial charge in [0.15, 0.2) is 5.82 Å². The van der Waals surface area contributed by atoms with Crippen LogP contribution >= 0.6 is 0 Å². The monoisotopic (exact) mass is 363 g/mol. The lowest BCUT2D eigenvalue weighted by atomic mass is 10.1. The van der Waals surface area contributed by atoms with Gasteiger partial charge >= 0.3 is 0 Å². The molecule has 1 atom stereocenters. The van der Waals surface area contributed by atoms with Crippen molar-refractivity contribution in [1.29, 1.82) is 0 Å². The van der Waals surface area contributed by atoms with Crippen LogP contribution in [0.15, 0.2) is 42.6 Å². The molecule has 0 bridgehead atoms. The minimum absolute atomic E-state index is 0.0696. The van der Waals surface area contributed by atoms with E-state index in [4.69, 9.17) is 0 Å². The predicted octanol–water partition coefficient (Wildman–Crippen LogP) is 1.51. The summed E-state index contributed by atoms with van der Waals surface area (Å²) in [6.45, 7) is 3.31. The van der Waals surface area contributed by atoms with Gasteiger partial charge in [-0.2, -0.15) is 5.10 Å². The molecule has 138 valence electrons. The van der Waals surface area contributed by atoms with E-state index < -0.39 is 0 Å². The molecule has 2 aromatic heterocycles. The fourth-order valence-electron chi connectivity index (χ4n) is 3.22. The lowest BCUT2D eigenvalue weighted by Gasteiger charge is -2.17. The number of aromatic amines is 1. The Labute approximate surface area is 157 Å². The van der Waals surface area contributed by atoms with Crippen LogP contribution in [-0.4, -0.2) is 50.2 Å². The van der Waals surface area contributed by atoms with E-state index in [1.807, 2.05) is 43.3 Å². The molecule has 0 spiro atoms. The third-order valence-electron chi connectivity index (χ3n) is 4.51. The van der Waals surface area contributed by atoms with Gasteiger partial charge in [-0.3, -0.25) is 9.89 Å². The third kappa shape index (κ3) is 4.11. The summed E-state index contributed by atoms with van der Waals surface area (Å²) in [5, 5.41) is 9.81. The van der Waals surface area contributed by atoms with Gasteiger partial charge in [-0.25, -0.2) is 15.0 Å². The van der Waals surface area contributed by atoms with E-state index in [1.54, 1.807) is 6.20 Å². The highest BCUT2D eigenvalue weighted by Crippen LogP contribution is 2.21. The minimum atomic E-state index is -0.0696. The molecule has 0 saturated carbocycles. The van der Waals surface area contributed by atoms with Crippen LogP contribution < -0.4 is 10.2 Å². The summed E-state index contributed by atoms with van der Waals surface area (Å²) >= 11 is 0. The molecular formula is C19H21N7O. The first kappa shape index (κ1) is 17.1. The van der Waals surface area contributed by atoms with Gasteiger partial charge in [0, 0.05) is 30.9 Å². The Hall–Kier alpha value is -3.29. The Morgan fingerprint density at radius 3 is 2.89 bits per heavy atom. The summed E-state index contributed by atoms with van der Waals surface area (Å²) in [7, 11) is 0. The van der Waals surface area contributed by atoms with E-state index >= 15 is 0 Å². The Bertz CT molecular complexity index is 925. The zero-order valence-corrected chi connectivity index (χ0v) is 15.1. The van der Waals surface area contributed by atoms with Crippen molar-refractivity contribution in [2.24, 2.45) is 0 Å². The number of hydrogen-bond donors (Lipinski definition) is 2. The highest BCUT2D eigenvalue weighted by molar-refractivity contribution is 5.78. The number of anilines is 1. The first-order chi connectivity index (χ1) is 13.2. The quantitative estimate of drug-likeness (QED) is 0.713. The van der Waals surface area contributed by atoms with Crippen molar-refractivity contribution in [3.63, 3.8) is 0 Å². The van der Waals surface area contributed by atoms with Crippen LogP contribution in [0, 0.1) is 6.92 Å². The normalized spacial score (nSPS) is 16.5. The number of aryl methyl sites for hydroxylation is 1. The highest BCUT2D eigenvalue weighted by atomic mass is 16.1. The summed E-state index contributed by atoms with van der Waals surface area (Å²) in [5.41, 5.74) is 1.96. The smallest absolute Gasteiger partial charge is 0.228 e. The average molecular weight is 363 g/mol. The maximum absolute atomic E-state index is 12.2. The maximum Gasteiger partial charge on any atom is 0.228 e. The van der Waals surface area contributed by atoms with Gasteiger partial charge < -0.3 is 10.2 Å². The Morgan fingerprint density at radius 2 is 2.11 bits per heavy atom. The molecule has 1 fully saturated rings. The van der Waals surface area contributed by atoms with Gasteiger partial charge in [0.2, 0.25) is 11.9 Å². The van der Waals surface area contributed by atoms with E-state index in [0.29, 0.717) is 24.1 Å². The molecule has 8 nitrogen and oxygen atoms in total. The number of benzene rings is 1. The topological polar surface area (TPSA) is 99.7 Å². The van der Waals surface area contributed by atoms with Gasteiger partial charge in [-0.1, -0.05) is 30.3 Å². The van der Waals surface area contributed by atoms with Gasteiger partial charge in [0.1, 0.15) is 5.82 Å². The van der Waals surface area contributed by atoms with Crippen LogP contribution in [0.2, 0.25) is 0 Å². The third-order valence-corrected chi connectivity index (χ3v) is 4.51. The zero-order chi connectivity index (χ0) is 18.6. The van der Waals surface area contributed by atoms with Crippen LogP contribution in [0.1, 0.15) is 18.1 Å². The van der Waals surface area contributed by atoms with Crippen molar-refractivity contribution in [2.45, 2.75) is 25.8 Å². The number of hydrogen-bond acceptors (Lipinski definition) is 6. The van der Waals surface area contributed by atoms with Gasteiger partial charge in [-0.15, -0.1) is 0 Å². The van der Waals surface area contributed by atoms with Crippen molar-refractivity contribution in [1.82, 2.24) is 30.5 Å². The molecule has 1 aromatic carbocycles. The summed E-state index contributed by atoms with van der Waals surface area (Å²) in [6.07, 6.45) is 2.82. The number of carbonyl (C=O) groups excluding carboxylic acids is 1. The summed E-state index contributed by atoms with van der Waals surface area (Å²) in [6, 6.07) is 12.0. The van der Waals surface area contributed by atoms with Crippen molar-refractivity contribution >= 4 is 11.9 Å². The van der Waals surface area contributed by atoms with Gasteiger partial charge in [0.05, 0.1) is 12.1 Å². The number of amides is 1. The number of aromatic nitrogens is 5. The molecule has 27 heavy (non-hydrogen) atoms. The number of H-pyrrole nitrogens is 1. The standard InChI is InChI=1S/C19H21N7O/c1-13-21-17(25-24-13)11-18(27)22-15-8-10-26(12-15)19-20-9-7-16(23-19)14-5-3-2-4-6-14/h2-7,9,15H,8,10-12H2,1H3,(H,22,27)(H,21,24,25). The Morgan fingerprint density at radius 1 is 1.26 bits per heavy atom. The van der Waals surface area contributed by atoms with E-state index in [0.717, 1.165) is 24.2 Å². The predicted molar refractivity (Wildman–Crippen MR) is 101 cm³/mol. The Kier molecular flexibility index (Phi) is 4.78.